The SMILES string of the molecule is C/C(=N\n1ccc2ncc(-c3cnn(C4CCNCC4)c3)cc21)c1c(Cl)ccc(F)c1Cl. The molecule has 1 saturated heterocycles. The van der Waals surface area contributed by atoms with Crippen LogP contribution >= 0.6 is 23.2 Å². The van der Waals surface area contributed by atoms with Crippen molar-refractivity contribution in [3.8, 4) is 11.1 Å². The van der Waals surface area contributed by atoms with Crippen molar-refractivity contribution in [2.24, 2.45) is 5.10 Å². The Morgan fingerprint density at radius 1 is 1.16 bits per heavy atom. The quantitative estimate of drug-likeness (QED) is 0.314. The number of benzene rings is 1. The second-order valence-corrected chi connectivity index (χ2v) is 8.67. The lowest BCUT2D eigenvalue weighted by Gasteiger charge is -2.22. The van der Waals surface area contributed by atoms with E-state index in [1.807, 2.05) is 30.7 Å². The fraction of sp³-hybridized carbons (Fsp3) is 0.261. The van der Waals surface area contributed by atoms with Crippen LogP contribution in [0.25, 0.3) is 22.2 Å². The molecule has 4 aromatic rings. The van der Waals surface area contributed by atoms with Gasteiger partial charge in [-0.05, 0) is 57.1 Å². The normalized spacial score (nSPS) is 15.6. The zero-order valence-corrected chi connectivity index (χ0v) is 18.9. The van der Waals surface area contributed by atoms with Gasteiger partial charge in [0.2, 0.25) is 0 Å². The van der Waals surface area contributed by atoms with E-state index in [0.29, 0.717) is 22.3 Å². The van der Waals surface area contributed by atoms with Crippen molar-refractivity contribution < 1.29 is 4.39 Å². The summed E-state index contributed by atoms with van der Waals surface area (Å²) >= 11 is 12.4. The van der Waals surface area contributed by atoms with Crippen molar-refractivity contribution in [2.45, 2.75) is 25.8 Å². The number of rotatable bonds is 4. The van der Waals surface area contributed by atoms with E-state index in [1.165, 1.54) is 12.1 Å². The Bertz CT molecular complexity index is 1320. The van der Waals surface area contributed by atoms with E-state index in [4.69, 9.17) is 23.2 Å². The lowest BCUT2D eigenvalue weighted by atomic mass is 10.1. The summed E-state index contributed by atoms with van der Waals surface area (Å²) in [6.45, 7) is 3.77. The van der Waals surface area contributed by atoms with Crippen LogP contribution in [0.5, 0.6) is 0 Å². The van der Waals surface area contributed by atoms with Crippen LogP contribution in [0.4, 0.5) is 4.39 Å². The summed E-state index contributed by atoms with van der Waals surface area (Å²) < 4.78 is 17.7. The van der Waals surface area contributed by atoms with Gasteiger partial charge >= 0.3 is 0 Å². The Hall–Kier alpha value is -2.74. The number of aromatic nitrogens is 4. The molecule has 1 aliphatic rings. The van der Waals surface area contributed by atoms with Gasteiger partial charge in [0, 0.05) is 35.3 Å². The highest BCUT2D eigenvalue weighted by Gasteiger charge is 2.17. The highest BCUT2D eigenvalue weighted by molar-refractivity contribution is 6.40. The van der Waals surface area contributed by atoms with Crippen LogP contribution in [0.15, 0.2) is 54.2 Å². The lowest BCUT2D eigenvalue weighted by Crippen LogP contribution is -2.29. The number of halogens is 3. The molecule has 9 heteroatoms. The molecule has 1 aliphatic heterocycles. The number of piperidine rings is 1. The van der Waals surface area contributed by atoms with E-state index in [-0.39, 0.29) is 5.02 Å². The Morgan fingerprint density at radius 3 is 2.78 bits per heavy atom. The second-order valence-electron chi connectivity index (χ2n) is 7.88. The molecule has 0 saturated carbocycles. The average molecular weight is 471 g/mol. The van der Waals surface area contributed by atoms with Crippen LogP contribution in [0.2, 0.25) is 10.0 Å². The maximum atomic E-state index is 14.0. The molecular formula is C23H21Cl2FN6. The van der Waals surface area contributed by atoms with Gasteiger partial charge in [-0.15, -0.1) is 0 Å². The zero-order chi connectivity index (χ0) is 22.2. The predicted octanol–water partition coefficient (Wildman–Crippen LogP) is 5.54. The minimum absolute atomic E-state index is 0.0423. The van der Waals surface area contributed by atoms with E-state index < -0.39 is 5.82 Å². The molecule has 6 nitrogen and oxygen atoms in total. The number of nitrogens with zero attached hydrogens (tertiary/aromatic N) is 5. The lowest BCUT2D eigenvalue weighted by molar-refractivity contribution is 0.343. The van der Waals surface area contributed by atoms with Crippen molar-refractivity contribution in [3.63, 3.8) is 0 Å². The molecule has 0 radical (unpaired) electrons. The van der Waals surface area contributed by atoms with Gasteiger partial charge in [0.15, 0.2) is 0 Å². The maximum absolute atomic E-state index is 14.0. The summed E-state index contributed by atoms with van der Waals surface area (Å²) in [6.07, 6.45) is 9.74. The molecule has 0 spiro atoms. The first-order valence-electron chi connectivity index (χ1n) is 10.4. The molecule has 0 unspecified atom stereocenters. The number of pyridine rings is 1. The first-order chi connectivity index (χ1) is 15.5. The Kier molecular flexibility index (Phi) is 5.71. The number of fused-ring (bicyclic) bond motifs is 1. The van der Waals surface area contributed by atoms with Crippen LogP contribution in [0.3, 0.4) is 0 Å². The summed E-state index contributed by atoms with van der Waals surface area (Å²) in [5.74, 6) is -0.535. The summed E-state index contributed by atoms with van der Waals surface area (Å²) in [4.78, 5) is 4.58. The van der Waals surface area contributed by atoms with E-state index in [2.05, 4.69) is 31.4 Å². The van der Waals surface area contributed by atoms with Crippen molar-refractivity contribution in [2.75, 3.05) is 13.1 Å². The number of nitrogens with one attached hydrogen (secondary N) is 1. The smallest absolute Gasteiger partial charge is 0.142 e. The minimum Gasteiger partial charge on any atom is -0.317 e. The van der Waals surface area contributed by atoms with Crippen molar-refractivity contribution in [3.05, 3.63) is 70.5 Å². The standard InChI is InChI=1S/C23H21Cl2FN6/c1-14(22-18(24)2-3-19(26)23(22)25)30-31-9-6-20-21(31)10-15(11-28-20)16-12-29-32(13-16)17-4-7-27-8-5-17/h2-3,6,9-13,17,27H,4-5,7-8H2,1H3/b30-14+. The molecule has 0 amide bonds. The summed E-state index contributed by atoms with van der Waals surface area (Å²) in [5, 5.41) is 12.9. The summed E-state index contributed by atoms with van der Waals surface area (Å²) in [6, 6.07) is 7.04. The molecule has 1 fully saturated rings. The van der Waals surface area contributed by atoms with Gasteiger partial charge in [-0.25, -0.2) is 9.07 Å². The van der Waals surface area contributed by atoms with E-state index in [9.17, 15) is 4.39 Å². The van der Waals surface area contributed by atoms with Crippen LogP contribution in [0, 0.1) is 5.82 Å². The maximum Gasteiger partial charge on any atom is 0.142 e. The predicted molar refractivity (Wildman–Crippen MR) is 126 cm³/mol. The second kappa shape index (κ2) is 8.65. The average Bonchev–Trinajstić information content (AvgIpc) is 3.45. The van der Waals surface area contributed by atoms with Crippen molar-refractivity contribution >= 4 is 39.9 Å². The Balaban J connectivity index is 1.51. The van der Waals surface area contributed by atoms with E-state index in [1.54, 1.807) is 11.6 Å². The molecule has 32 heavy (non-hydrogen) atoms. The third-order valence-corrected chi connectivity index (χ3v) is 6.48. The van der Waals surface area contributed by atoms with E-state index >= 15 is 0 Å². The van der Waals surface area contributed by atoms with Crippen LogP contribution in [0.1, 0.15) is 31.4 Å². The van der Waals surface area contributed by atoms with Gasteiger partial charge < -0.3 is 5.32 Å². The molecule has 1 N–H and O–H groups in total. The molecule has 5 rings (SSSR count). The largest absolute Gasteiger partial charge is 0.317 e. The zero-order valence-electron chi connectivity index (χ0n) is 17.4. The first kappa shape index (κ1) is 21.1. The van der Waals surface area contributed by atoms with E-state index in [0.717, 1.165) is 48.1 Å². The topological polar surface area (TPSA) is 60.0 Å². The first-order valence-corrected chi connectivity index (χ1v) is 11.2. The third kappa shape index (κ3) is 3.92. The Labute approximate surface area is 194 Å². The molecule has 164 valence electrons. The molecule has 0 atom stereocenters. The molecule has 1 aromatic carbocycles. The highest BCUT2D eigenvalue weighted by Crippen LogP contribution is 2.29. The number of hydrogen-bond acceptors (Lipinski definition) is 4. The van der Waals surface area contributed by atoms with Crippen molar-refractivity contribution in [1.82, 2.24) is 24.8 Å². The minimum atomic E-state index is -0.535. The van der Waals surface area contributed by atoms with Gasteiger partial charge in [-0.2, -0.15) is 10.2 Å². The monoisotopic (exact) mass is 470 g/mol. The Morgan fingerprint density at radius 2 is 1.97 bits per heavy atom. The fourth-order valence-corrected chi connectivity index (χ4v) is 4.71. The van der Waals surface area contributed by atoms with Crippen LogP contribution in [-0.4, -0.2) is 38.2 Å². The highest BCUT2D eigenvalue weighted by atomic mass is 35.5. The van der Waals surface area contributed by atoms with Gasteiger partial charge in [0.1, 0.15) is 5.82 Å². The van der Waals surface area contributed by atoms with Crippen LogP contribution in [-0.2, 0) is 0 Å². The van der Waals surface area contributed by atoms with Gasteiger partial charge in [0.05, 0.1) is 39.0 Å². The molecule has 4 heterocycles. The molecule has 0 aliphatic carbocycles. The molecule has 3 aromatic heterocycles. The summed E-state index contributed by atoms with van der Waals surface area (Å²) in [5.41, 5.74) is 4.45. The van der Waals surface area contributed by atoms with Crippen LogP contribution < -0.4 is 5.32 Å². The molecular weight excluding hydrogens is 450 g/mol. The summed E-state index contributed by atoms with van der Waals surface area (Å²) in [7, 11) is 0. The third-order valence-electron chi connectivity index (χ3n) is 5.80. The van der Waals surface area contributed by atoms with Gasteiger partial charge in [0.25, 0.3) is 0 Å². The number of hydrogen-bond donors (Lipinski definition) is 1. The molecule has 0 bridgehead atoms. The van der Waals surface area contributed by atoms with Crippen molar-refractivity contribution in [1.29, 1.82) is 0 Å². The fourth-order valence-electron chi connectivity index (χ4n) is 4.07. The van der Waals surface area contributed by atoms with Gasteiger partial charge in [-0.1, -0.05) is 23.2 Å². The van der Waals surface area contributed by atoms with Gasteiger partial charge in [-0.3, -0.25) is 9.67 Å².